The van der Waals surface area contributed by atoms with Gasteiger partial charge in [-0.15, -0.1) is 12.4 Å². The fraction of sp³-hybridized carbons (Fsp3) is 0.320. The van der Waals surface area contributed by atoms with E-state index in [-0.39, 0.29) is 18.3 Å². The molecule has 180 valence electrons. The average molecular weight is 519 g/mol. The molecule has 0 N–H and O–H groups in total. The molecule has 9 heteroatoms. The molecule has 2 aromatic carbocycles. The Balaban J connectivity index is 0.00000324. The normalized spacial score (nSPS) is 11.1. The second-order valence-electron chi connectivity index (χ2n) is 7.89. The van der Waals surface area contributed by atoms with Crippen LogP contribution in [-0.2, 0) is 0 Å². The quantitative estimate of drug-likeness (QED) is 0.280. The first-order chi connectivity index (χ1) is 15.9. The Labute approximate surface area is 215 Å². The molecule has 2 aromatic heterocycles. The minimum atomic E-state index is -0.0929. The van der Waals surface area contributed by atoms with Gasteiger partial charge in [-0.05, 0) is 56.8 Å². The van der Waals surface area contributed by atoms with Crippen LogP contribution in [0.1, 0.15) is 35.5 Å². The SMILES string of the molecule is CCN(CC)CCN(C(=O)c1cnn(-c2ccccc2)c1C)c1nc2c(C)c(Cl)ccc2s1.Cl. The topological polar surface area (TPSA) is 54.3 Å². The number of benzene rings is 2. The van der Waals surface area contributed by atoms with Crippen molar-refractivity contribution in [3.63, 3.8) is 0 Å². The predicted molar refractivity (Wildman–Crippen MR) is 144 cm³/mol. The maximum absolute atomic E-state index is 13.8. The maximum atomic E-state index is 13.8. The summed E-state index contributed by atoms with van der Waals surface area (Å²) < 4.78 is 2.82. The van der Waals surface area contributed by atoms with Crippen molar-refractivity contribution in [2.45, 2.75) is 27.7 Å². The Hall–Kier alpha value is -2.45. The molecule has 0 saturated heterocycles. The Kier molecular flexibility index (Phi) is 8.71. The van der Waals surface area contributed by atoms with E-state index in [2.05, 4.69) is 23.8 Å². The number of amides is 1. The van der Waals surface area contributed by atoms with Crippen LogP contribution in [0.4, 0.5) is 5.13 Å². The molecule has 4 aromatic rings. The van der Waals surface area contributed by atoms with E-state index in [0.29, 0.717) is 22.3 Å². The van der Waals surface area contributed by atoms with Crippen LogP contribution >= 0.6 is 35.3 Å². The molecule has 0 bridgehead atoms. The maximum Gasteiger partial charge on any atom is 0.263 e. The number of hydrogen-bond acceptors (Lipinski definition) is 5. The smallest absolute Gasteiger partial charge is 0.263 e. The fourth-order valence-electron chi connectivity index (χ4n) is 3.86. The zero-order valence-electron chi connectivity index (χ0n) is 19.8. The molecular weight excluding hydrogens is 489 g/mol. The second kappa shape index (κ2) is 11.3. The number of aromatic nitrogens is 3. The van der Waals surface area contributed by atoms with Crippen molar-refractivity contribution < 1.29 is 4.79 Å². The van der Waals surface area contributed by atoms with Gasteiger partial charge in [0.15, 0.2) is 5.13 Å². The first kappa shape index (κ1) is 26.2. The van der Waals surface area contributed by atoms with Crippen LogP contribution in [0.15, 0.2) is 48.7 Å². The Morgan fingerprint density at radius 1 is 1.06 bits per heavy atom. The third kappa shape index (κ3) is 5.13. The highest BCUT2D eigenvalue weighted by Crippen LogP contribution is 2.34. The molecule has 0 aliphatic rings. The van der Waals surface area contributed by atoms with Crippen LogP contribution in [0.2, 0.25) is 5.02 Å². The molecule has 1 amide bonds. The molecule has 0 spiro atoms. The minimum Gasteiger partial charge on any atom is -0.302 e. The van der Waals surface area contributed by atoms with Gasteiger partial charge < -0.3 is 4.90 Å². The molecule has 0 aliphatic heterocycles. The highest BCUT2D eigenvalue weighted by molar-refractivity contribution is 7.22. The van der Waals surface area contributed by atoms with Crippen molar-refractivity contribution in [3.05, 3.63) is 70.5 Å². The summed E-state index contributed by atoms with van der Waals surface area (Å²) in [4.78, 5) is 22.7. The number of rotatable bonds is 8. The Morgan fingerprint density at radius 3 is 2.44 bits per heavy atom. The first-order valence-corrected chi connectivity index (χ1v) is 12.3. The highest BCUT2D eigenvalue weighted by Gasteiger charge is 2.26. The van der Waals surface area contributed by atoms with Crippen molar-refractivity contribution in [1.29, 1.82) is 0 Å². The second-order valence-corrected chi connectivity index (χ2v) is 9.31. The van der Waals surface area contributed by atoms with Gasteiger partial charge in [0.2, 0.25) is 0 Å². The number of halogens is 2. The molecule has 0 saturated carbocycles. The number of anilines is 1. The largest absolute Gasteiger partial charge is 0.302 e. The number of hydrogen-bond donors (Lipinski definition) is 0. The lowest BCUT2D eigenvalue weighted by Crippen LogP contribution is -2.39. The summed E-state index contributed by atoms with van der Waals surface area (Å²) in [6.45, 7) is 11.3. The molecule has 0 atom stereocenters. The highest BCUT2D eigenvalue weighted by atomic mass is 35.5. The van der Waals surface area contributed by atoms with E-state index in [1.807, 2.05) is 56.3 Å². The van der Waals surface area contributed by atoms with Gasteiger partial charge in [-0.1, -0.05) is 55.0 Å². The standard InChI is InChI=1S/C25H28ClN5OS.ClH/c1-5-29(6-2)14-15-30(25-28-23-17(3)21(26)12-13-22(23)33-25)24(32)20-16-27-31(18(20)4)19-10-8-7-9-11-19;/h7-13,16H,5-6,14-15H2,1-4H3;1H. The van der Waals surface area contributed by atoms with Gasteiger partial charge in [0.1, 0.15) is 0 Å². The van der Waals surface area contributed by atoms with Gasteiger partial charge in [0, 0.05) is 18.1 Å². The number of thiazole rings is 1. The molecular formula is C25H29Cl2N5OS. The molecule has 4 rings (SSSR count). The summed E-state index contributed by atoms with van der Waals surface area (Å²) >= 11 is 7.84. The molecule has 0 fully saturated rings. The number of carbonyl (C=O) groups is 1. The summed E-state index contributed by atoms with van der Waals surface area (Å²) in [5, 5.41) is 5.86. The summed E-state index contributed by atoms with van der Waals surface area (Å²) in [7, 11) is 0. The Morgan fingerprint density at radius 2 is 1.76 bits per heavy atom. The number of likely N-dealkylation sites (N-methyl/N-ethyl adjacent to an activating group) is 1. The van der Waals surface area contributed by atoms with Crippen molar-refractivity contribution in [3.8, 4) is 5.69 Å². The number of nitrogens with zero attached hydrogens (tertiary/aromatic N) is 5. The molecule has 0 unspecified atom stereocenters. The first-order valence-electron chi connectivity index (χ1n) is 11.1. The van der Waals surface area contributed by atoms with Crippen molar-refractivity contribution in [2.24, 2.45) is 0 Å². The minimum absolute atomic E-state index is 0. The lowest BCUT2D eigenvalue weighted by atomic mass is 10.2. The number of aryl methyl sites for hydroxylation is 1. The van der Waals surface area contributed by atoms with Gasteiger partial charge in [0.25, 0.3) is 5.91 Å². The van der Waals surface area contributed by atoms with Crippen molar-refractivity contribution in [2.75, 3.05) is 31.1 Å². The van der Waals surface area contributed by atoms with Gasteiger partial charge in [-0.25, -0.2) is 9.67 Å². The van der Waals surface area contributed by atoms with Gasteiger partial charge in [-0.3, -0.25) is 9.69 Å². The molecule has 2 heterocycles. The third-order valence-electron chi connectivity index (χ3n) is 5.99. The monoisotopic (exact) mass is 517 g/mol. The summed E-state index contributed by atoms with van der Waals surface area (Å²) in [6, 6.07) is 13.7. The van der Waals surface area contributed by atoms with E-state index in [0.717, 1.165) is 46.8 Å². The van der Waals surface area contributed by atoms with Crippen LogP contribution in [0, 0.1) is 13.8 Å². The van der Waals surface area contributed by atoms with E-state index in [1.54, 1.807) is 15.8 Å². The summed E-state index contributed by atoms with van der Waals surface area (Å²) in [6.07, 6.45) is 1.66. The summed E-state index contributed by atoms with van der Waals surface area (Å²) in [5.74, 6) is -0.0929. The van der Waals surface area contributed by atoms with E-state index in [9.17, 15) is 4.79 Å². The number of fused-ring (bicyclic) bond motifs is 1. The predicted octanol–water partition coefficient (Wildman–Crippen LogP) is 6.16. The molecule has 0 aliphatic carbocycles. The summed E-state index contributed by atoms with van der Waals surface area (Å²) in [5.41, 5.74) is 4.08. The Bertz CT molecular complexity index is 1270. The average Bonchev–Trinajstić information content (AvgIpc) is 3.43. The number of carbonyl (C=O) groups excluding carboxylic acids is 1. The van der Waals surface area contributed by atoms with Crippen molar-refractivity contribution >= 4 is 56.6 Å². The lowest BCUT2D eigenvalue weighted by molar-refractivity contribution is 0.0983. The zero-order chi connectivity index (χ0) is 23.5. The van der Waals surface area contributed by atoms with Gasteiger partial charge >= 0.3 is 0 Å². The van der Waals surface area contributed by atoms with Crippen molar-refractivity contribution in [1.82, 2.24) is 19.7 Å². The lowest BCUT2D eigenvalue weighted by Gasteiger charge is -2.24. The van der Waals surface area contributed by atoms with E-state index in [1.165, 1.54) is 11.3 Å². The zero-order valence-corrected chi connectivity index (χ0v) is 22.2. The van der Waals surface area contributed by atoms with Gasteiger partial charge in [-0.2, -0.15) is 5.10 Å². The van der Waals surface area contributed by atoms with E-state index >= 15 is 0 Å². The van der Waals surface area contributed by atoms with Crippen LogP contribution in [-0.4, -0.2) is 51.8 Å². The molecule has 6 nitrogen and oxygen atoms in total. The molecule has 0 radical (unpaired) electrons. The van der Waals surface area contributed by atoms with Gasteiger partial charge in [0.05, 0.1) is 33.4 Å². The van der Waals surface area contributed by atoms with Crippen LogP contribution in [0.25, 0.3) is 15.9 Å². The van der Waals surface area contributed by atoms with Crippen LogP contribution in [0.5, 0.6) is 0 Å². The van der Waals surface area contributed by atoms with E-state index in [4.69, 9.17) is 16.6 Å². The third-order valence-corrected chi connectivity index (χ3v) is 7.44. The van der Waals surface area contributed by atoms with E-state index < -0.39 is 0 Å². The molecule has 34 heavy (non-hydrogen) atoms. The fourth-order valence-corrected chi connectivity index (χ4v) is 5.07. The van der Waals surface area contributed by atoms with Crippen LogP contribution in [0.3, 0.4) is 0 Å². The van der Waals surface area contributed by atoms with Crippen LogP contribution < -0.4 is 4.90 Å². The number of para-hydroxylation sites is 1.